The van der Waals surface area contributed by atoms with Gasteiger partial charge in [-0.05, 0) is 48.0 Å². The van der Waals surface area contributed by atoms with Crippen LogP contribution in [0.15, 0.2) is 91.0 Å². The van der Waals surface area contributed by atoms with E-state index in [1.165, 1.54) is 11.3 Å². The third-order valence-electron chi connectivity index (χ3n) is 5.55. The van der Waals surface area contributed by atoms with Gasteiger partial charge in [-0.1, -0.05) is 48.5 Å². The van der Waals surface area contributed by atoms with E-state index in [1.54, 1.807) is 37.4 Å². The number of carbonyl (C=O) groups excluding carboxylic acids is 2. The number of para-hydroxylation sites is 1. The van der Waals surface area contributed by atoms with Crippen molar-refractivity contribution in [1.82, 2.24) is 15.6 Å². The molecular weight excluding hydrogens is 474 g/mol. The molecule has 9 heteroatoms. The summed E-state index contributed by atoms with van der Waals surface area (Å²) < 4.78 is 5.14. The summed E-state index contributed by atoms with van der Waals surface area (Å²) in [4.78, 5) is 27.1. The summed E-state index contributed by atoms with van der Waals surface area (Å²) in [7, 11) is 1.57. The third kappa shape index (κ3) is 5.06. The van der Waals surface area contributed by atoms with Crippen LogP contribution >= 0.6 is 11.3 Å². The first-order chi connectivity index (χ1) is 17.6. The Bertz CT molecular complexity index is 1480. The fourth-order valence-corrected chi connectivity index (χ4v) is 4.59. The molecule has 8 nitrogen and oxygen atoms in total. The first-order valence-corrected chi connectivity index (χ1v) is 12.0. The number of methoxy groups -OCH3 is 1. The molecule has 0 radical (unpaired) electrons. The van der Waals surface area contributed by atoms with Crippen LogP contribution in [0.4, 0.5) is 11.5 Å². The highest BCUT2D eigenvalue weighted by atomic mass is 32.1. The van der Waals surface area contributed by atoms with Gasteiger partial charge in [-0.2, -0.15) is 5.10 Å². The molecule has 36 heavy (non-hydrogen) atoms. The monoisotopic (exact) mass is 497 g/mol. The summed E-state index contributed by atoms with van der Waals surface area (Å²) in [5, 5.41) is 12.4. The lowest BCUT2D eigenvalue weighted by molar-refractivity contribution is 0.0951. The van der Waals surface area contributed by atoms with Gasteiger partial charge in [0.25, 0.3) is 11.8 Å². The Labute approximate surface area is 211 Å². The molecule has 2 heterocycles. The fourth-order valence-electron chi connectivity index (χ4n) is 3.69. The number of hydrogen-bond donors (Lipinski definition) is 3. The highest BCUT2D eigenvalue weighted by molar-refractivity contribution is 7.20. The van der Waals surface area contributed by atoms with Crippen molar-refractivity contribution in [3.8, 4) is 5.75 Å². The molecule has 0 saturated heterocycles. The van der Waals surface area contributed by atoms with Crippen LogP contribution < -0.4 is 20.5 Å². The molecule has 0 aliphatic rings. The normalized spacial score (nSPS) is 10.7. The van der Waals surface area contributed by atoms with Crippen LogP contribution in [0.2, 0.25) is 0 Å². The van der Waals surface area contributed by atoms with Gasteiger partial charge in [-0.3, -0.25) is 25.1 Å². The van der Waals surface area contributed by atoms with Crippen molar-refractivity contribution >= 4 is 44.9 Å². The van der Waals surface area contributed by atoms with E-state index in [-0.39, 0.29) is 11.8 Å². The van der Waals surface area contributed by atoms with Gasteiger partial charge in [-0.25, -0.2) is 0 Å². The number of rotatable bonds is 8. The maximum absolute atomic E-state index is 13.2. The predicted molar refractivity (Wildman–Crippen MR) is 141 cm³/mol. The number of thiophene rings is 1. The van der Waals surface area contributed by atoms with Crippen molar-refractivity contribution in [1.29, 1.82) is 0 Å². The number of carbonyl (C=O) groups is 2. The Morgan fingerprint density at radius 3 is 2.33 bits per heavy atom. The van der Waals surface area contributed by atoms with Gasteiger partial charge in [-0.15, -0.1) is 11.3 Å². The fraction of sp³-hybridized carbons (Fsp3) is 0.0741. The van der Waals surface area contributed by atoms with Crippen molar-refractivity contribution in [2.45, 2.75) is 6.54 Å². The van der Waals surface area contributed by atoms with Gasteiger partial charge < -0.3 is 10.1 Å². The molecule has 5 aromatic rings. The molecule has 0 saturated carbocycles. The van der Waals surface area contributed by atoms with Crippen LogP contribution in [0, 0.1) is 0 Å². The second-order valence-corrected chi connectivity index (χ2v) is 9.01. The number of hydrazine groups is 1. The minimum atomic E-state index is -0.304. The van der Waals surface area contributed by atoms with Crippen molar-refractivity contribution in [2.75, 3.05) is 17.4 Å². The highest BCUT2D eigenvalue weighted by Gasteiger charge is 2.19. The Hall–Kier alpha value is -4.63. The van der Waals surface area contributed by atoms with Crippen LogP contribution in [0.3, 0.4) is 0 Å². The molecule has 0 aliphatic carbocycles. The van der Waals surface area contributed by atoms with Crippen LogP contribution in [0.5, 0.6) is 5.75 Å². The Morgan fingerprint density at radius 1 is 0.944 bits per heavy atom. The van der Waals surface area contributed by atoms with Gasteiger partial charge in [0, 0.05) is 5.56 Å². The zero-order chi connectivity index (χ0) is 24.9. The van der Waals surface area contributed by atoms with Crippen LogP contribution in [-0.2, 0) is 6.54 Å². The Morgan fingerprint density at radius 2 is 1.64 bits per heavy atom. The summed E-state index contributed by atoms with van der Waals surface area (Å²) in [6, 6.07) is 28.1. The minimum absolute atomic E-state index is 0.253. The number of nitrogens with one attached hydrogen (secondary N) is 3. The molecular formula is C27H23N5O3S. The van der Waals surface area contributed by atoms with E-state index in [0.717, 1.165) is 11.3 Å². The van der Waals surface area contributed by atoms with E-state index in [1.807, 2.05) is 65.7 Å². The molecule has 0 spiro atoms. The third-order valence-corrected chi connectivity index (χ3v) is 6.59. The SMILES string of the molecule is COc1ccc(C(=O)Nc2n[nH]c3sc(C(=O)NN(Cc4ccccc4)c4ccccc4)cc23)cc1. The van der Waals surface area contributed by atoms with E-state index >= 15 is 0 Å². The molecule has 0 atom stereocenters. The number of benzene rings is 3. The average molecular weight is 498 g/mol. The minimum Gasteiger partial charge on any atom is -0.497 e. The molecule has 0 aliphatic heterocycles. The van der Waals surface area contributed by atoms with Crippen molar-refractivity contribution in [2.24, 2.45) is 0 Å². The molecule has 2 amide bonds. The number of ether oxygens (including phenoxy) is 1. The number of hydrogen-bond acceptors (Lipinski definition) is 6. The number of nitrogens with zero attached hydrogens (tertiary/aromatic N) is 2. The number of aromatic nitrogens is 2. The van der Waals surface area contributed by atoms with Gasteiger partial charge in [0.2, 0.25) is 0 Å². The maximum atomic E-state index is 13.2. The van der Waals surface area contributed by atoms with Crippen LogP contribution in [0.25, 0.3) is 10.2 Å². The summed E-state index contributed by atoms with van der Waals surface area (Å²) >= 11 is 1.27. The number of amides is 2. The van der Waals surface area contributed by atoms with Gasteiger partial charge >= 0.3 is 0 Å². The second kappa shape index (κ2) is 10.3. The van der Waals surface area contributed by atoms with E-state index < -0.39 is 0 Å². The van der Waals surface area contributed by atoms with E-state index in [0.29, 0.717) is 38.8 Å². The summed E-state index contributed by atoms with van der Waals surface area (Å²) in [5.41, 5.74) is 5.42. The molecule has 0 fully saturated rings. The Kier molecular flexibility index (Phi) is 6.63. The quantitative estimate of drug-likeness (QED) is 0.255. The zero-order valence-corrected chi connectivity index (χ0v) is 20.2. The lowest BCUT2D eigenvalue weighted by Gasteiger charge is -2.25. The molecule has 2 aromatic heterocycles. The van der Waals surface area contributed by atoms with Gasteiger partial charge in [0.15, 0.2) is 5.82 Å². The van der Waals surface area contributed by atoms with E-state index in [4.69, 9.17) is 4.74 Å². The molecule has 5 rings (SSSR count). The largest absolute Gasteiger partial charge is 0.497 e. The molecule has 180 valence electrons. The summed E-state index contributed by atoms with van der Waals surface area (Å²) in [6.07, 6.45) is 0. The lowest BCUT2D eigenvalue weighted by Crippen LogP contribution is -2.41. The van der Waals surface area contributed by atoms with Gasteiger partial charge in [0.1, 0.15) is 10.6 Å². The van der Waals surface area contributed by atoms with E-state index in [9.17, 15) is 9.59 Å². The topological polar surface area (TPSA) is 99.3 Å². The van der Waals surface area contributed by atoms with Crippen LogP contribution in [-0.4, -0.2) is 29.1 Å². The van der Waals surface area contributed by atoms with Crippen LogP contribution in [0.1, 0.15) is 25.6 Å². The van der Waals surface area contributed by atoms with Crippen molar-refractivity contribution < 1.29 is 14.3 Å². The standard InChI is InChI=1S/C27H23N5O3S/c1-35-21-14-12-19(13-15-21)25(33)28-24-22-16-23(36-27(22)30-29-24)26(34)31-32(20-10-6-3-7-11-20)17-18-8-4-2-5-9-18/h2-16H,17H2,1H3,(H,31,34)(H2,28,29,30,33). The van der Waals surface area contributed by atoms with Gasteiger partial charge in [0.05, 0.1) is 29.6 Å². The first kappa shape index (κ1) is 23.1. The molecule has 0 unspecified atom stereocenters. The molecule has 0 bridgehead atoms. The smallest absolute Gasteiger partial charge is 0.279 e. The van der Waals surface area contributed by atoms with E-state index in [2.05, 4.69) is 20.9 Å². The van der Waals surface area contributed by atoms with Crippen molar-refractivity contribution in [3.05, 3.63) is 107 Å². The molecule has 3 aromatic carbocycles. The Balaban J connectivity index is 1.34. The highest BCUT2D eigenvalue weighted by Crippen LogP contribution is 2.30. The number of aromatic amines is 1. The zero-order valence-electron chi connectivity index (χ0n) is 19.4. The summed E-state index contributed by atoms with van der Waals surface area (Å²) in [5.74, 6) is 0.475. The van der Waals surface area contributed by atoms with Crippen molar-refractivity contribution in [3.63, 3.8) is 0 Å². The maximum Gasteiger partial charge on any atom is 0.279 e. The first-order valence-electron chi connectivity index (χ1n) is 11.2. The number of H-pyrrole nitrogens is 1. The molecule has 3 N–H and O–H groups in total. The second-order valence-electron chi connectivity index (χ2n) is 7.96. The summed E-state index contributed by atoms with van der Waals surface area (Å²) in [6.45, 7) is 0.505. The average Bonchev–Trinajstić information content (AvgIpc) is 3.51. The lowest BCUT2D eigenvalue weighted by atomic mass is 10.2. The number of fused-ring (bicyclic) bond motifs is 1. The predicted octanol–water partition coefficient (Wildman–Crippen LogP) is 5.24. The number of anilines is 2.